The number of hydrogen-bond acceptors (Lipinski definition) is 5. The molecular formula is C13H14ClN3O3S. The molecule has 3 N–H and O–H groups in total. The first-order valence-corrected chi connectivity index (χ1v) is 8.09. The van der Waals surface area contributed by atoms with Crippen molar-refractivity contribution in [3.8, 4) is 5.75 Å². The number of hydrogen-bond donors (Lipinski definition) is 2. The summed E-state index contributed by atoms with van der Waals surface area (Å²) in [5.41, 5.74) is 6.15. The Balaban J connectivity index is 1.93. The molecule has 2 aromatic rings. The van der Waals surface area contributed by atoms with E-state index in [0.717, 1.165) is 0 Å². The summed E-state index contributed by atoms with van der Waals surface area (Å²) in [5.74, 6) is 0.302. The van der Waals surface area contributed by atoms with Crippen LogP contribution in [0.2, 0.25) is 5.02 Å². The van der Waals surface area contributed by atoms with Gasteiger partial charge < -0.3 is 10.5 Å². The van der Waals surface area contributed by atoms with E-state index >= 15 is 0 Å². The summed E-state index contributed by atoms with van der Waals surface area (Å²) in [6.07, 6.45) is 1.45. The van der Waals surface area contributed by atoms with Gasteiger partial charge in [0, 0.05) is 6.20 Å². The number of rotatable bonds is 6. The van der Waals surface area contributed by atoms with Crippen molar-refractivity contribution < 1.29 is 13.2 Å². The molecule has 1 heterocycles. The number of nitrogen functional groups attached to an aromatic ring is 1. The number of nitrogens with two attached hydrogens (primary N) is 1. The number of benzene rings is 1. The second-order valence-electron chi connectivity index (χ2n) is 4.14. The molecule has 0 aliphatic rings. The predicted molar refractivity (Wildman–Crippen MR) is 83.0 cm³/mol. The molecule has 0 atom stereocenters. The van der Waals surface area contributed by atoms with E-state index in [-0.39, 0.29) is 23.2 Å². The number of ether oxygens (including phenoxy) is 1. The topological polar surface area (TPSA) is 94.3 Å². The second-order valence-corrected chi connectivity index (χ2v) is 6.39. The van der Waals surface area contributed by atoms with Crippen molar-refractivity contribution in [1.29, 1.82) is 0 Å². The third-order valence-corrected chi connectivity index (χ3v) is 4.05. The highest BCUT2D eigenvalue weighted by atomic mass is 35.5. The zero-order valence-corrected chi connectivity index (χ0v) is 12.6. The van der Waals surface area contributed by atoms with Crippen molar-refractivity contribution >= 4 is 33.1 Å². The van der Waals surface area contributed by atoms with Crippen molar-refractivity contribution in [3.63, 3.8) is 0 Å². The van der Waals surface area contributed by atoms with Crippen molar-refractivity contribution in [2.45, 2.75) is 0 Å². The van der Waals surface area contributed by atoms with Gasteiger partial charge in [-0.05, 0) is 24.3 Å². The van der Waals surface area contributed by atoms with E-state index in [1.54, 1.807) is 36.4 Å². The van der Waals surface area contributed by atoms with Gasteiger partial charge in [0.25, 0.3) is 0 Å². The van der Waals surface area contributed by atoms with Gasteiger partial charge in [0.05, 0.1) is 10.7 Å². The molecule has 0 spiro atoms. The summed E-state index contributed by atoms with van der Waals surface area (Å²) in [7, 11) is -3.60. The lowest BCUT2D eigenvalue weighted by Crippen LogP contribution is -2.22. The standard InChI is InChI=1S/C13H14ClN3O3S/c14-10-4-3-7-16-13(10)17-21(18,19)9-8-20-12-6-2-1-5-11(12)15/h1-7H,8-9,15H2,(H,16,17). The number of nitrogens with one attached hydrogen (secondary N) is 1. The summed E-state index contributed by atoms with van der Waals surface area (Å²) in [4.78, 5) is 3.86. The smallest absolute Gasteiger partial charge is 0.237 e. The van der Waals surface area contributed by atoms with Crippen LogP contribution in [0.5, 0.6) is 5.75 Å². The molecule has 8 heteroatoms. The number of pyridine rings is 1. The molecule has 1 aromatic heterocycles. The Morgan fingerprint density at radius 1 is 1.24 bits per heavy atom. The van der Waals surface area contributed by atoms with E-state index in [9.17, 15) is 8.42 Å². The molecule has 21 heavy (non-hydrogen) atoms. The summed E-state index contributed by atoms with van der Waals surface area (Å²) in [6.45, 7) is -0.0337. The van der Waals surface area contributed by atoms with Crippen molar-refractivity contribution in [2.75, 3.05) is 22.8 Å². The highest BCUT2D eigenvalue weighted by molar-refractivity contribution is 7.92. The van der Waals surface area contributed by atoms with Gasteiger partial charge >= 0.3 is 0 Å². The number of para-hydroxylation sites is 2. The molecule has 0 aliphatic heterocycles. The maximum Gasteiger partial charge on any atom is 0.237 e. The predicted octanol–water partition coefficient (Wildman–Crippen LogP) is 2.14. The maximum absolute atomic E-state index is 11.9. The first-order valence-electron chi connectivity index (χ1n) is 6.06. The van der Waals surface area contributed by atoms with Crippen LogP contribution in [0.15, 0.2) is 42.6 Å². The average molecular weight is 328 g/mol. The largest absolute Gasteiger partial charge is 0.490 e. The van der Waals surface area contributed by atoms with Crippen LogP contribution in [-0.2, 0) is 10.0 Å². The van der Waals surface area contributed by atoms with Gasteiger partial charge in [-0.2, -0.15) is 0 Å². The number of halogens is 1. The Morgan fingerprint density at radius 3 is 2.71 bits per heavy atom. The Morgan fingerprint density at radius 2 is 2.00 bits per heavy atom. The Labute approximate surface area is 128 Å². The number of anilines is 2. The van der Waals surface area contributed by atoms with Crippen molar-refractivity contribution in [2.24, 2.45) is 0 Å². The molecule has 0 saturated carbocycles. The van der Waals surface area contributed by atoms with Crippen LogP contribution in [0.3, 0.4) is 0 Å². The highest BCUT2D eigenvalue weighted by Gasteiger charge is 2.13. The van der Waals surface area contributed by atoms with Crippen molar-refractivity contribution in [1.82, 2.24) is 4.98 Å². The molecule has 0 radical (unpaired) electrons. The number of sulfonamides is 1. The molecule has 0 fully saturated rings. The number of nitrogens with zero attached hydrogens (tertiary/aromatic N) is 1. The quantitative estimate of drug-likeness (QED) is 0.793. The van der Waals surface area contributed by atoms with Gasteiger partial charge in [-0.1, -0.05) is 23.7 Å². The molecule has 0 bridgehead atoms. The van der Waals surface area contributed by atoms with Crippen LogP contribution in [0.25, 0.3) is 0 Å². The van der Waals surface area contributed by atoms with Crippen LogP contribution >= 0.6 is 11.6 Å². The van der Waals surface area contributed by atoms with Crippen LogP contribution in [0, 0.1) is 0 Å². The zero-order chi connectivity index (χ0) is 15.3. The van der Waals surface area contributed by atoms with Gasteiger partial charge in [-0.15, -0.1) is 0 Å². The first-order chi connectivity index (χ1) is 9.98. The fourth-order valence-electron chi connectivity index (χ4n) is 1.53. The zero-order valence-electron chi connectivity index (χ0n) is 11.0. The Bertz CT molecular complexity index is 722. The van der Waals surface area contributed by atoms with E-state index in [2.05, 4.69) is 9.71 Å². The maximum atomic E-state index is 11.9. The molecule has 6 nitrogen and oxygen atoms in total. The van der Waals surface area contributed by atoms with Gasteiger partial charge in [0.15, 0.2) is 5.82 Å². The van der Waals surface area contributed by atoms with E-state index < -0.39 is 10.0 Å². The molecule has 1 aromatic carbocycles. The van der Waals surface area contributed by atoms with Crippen LogP contribution in [0.1, 0.15) is 0 Å². The SMILES string of the molecule is Nc1ccccc1OCCS(=O)(=O)Nc1ncccc1Cl. The van der Waals surface area contributed by atoms with E-state index in [1.165, 1.54) is 6.20 Å². The summed E-state index contributed by atoms with van der Waals surface area (Å²) >= 11 is 5.84. The molecular weight excluding hydrogens is 314 g/mol. The third kappa shape index (κ3) is 4.51. The minimum atomic E-state index is -3.60. The van der Waals surface area contributed by atoms with Crippen LogP contribution in [0.4, 0.5) is 11.5 Å². The van der Waals surface area contributed by atoms with Crippen molar-refractivity contribution in [3.05, 3.63) is 47.6 Å². The first kappa shape index (κ1) is 15.4. The molecule has 2 rings (SSSR count). The van der Waals surface area contributed by atoms with Gasteiger partial charge in [-0.3, -0.25) is 4.72 Å². The van der Waals surface area contributed by atoms with Crippen LogP contribution in [-0.4, -0.2) is 25.8 Å². The molecule has 0 saturated heterocycles. The summed E-state index contributed by atoms with van der Waals surface area (Å²) < 4.78 is 31.5. The molecule has 0 amide bonds. The fraction of sp³-hybridized carbons (Fsp3) is 0.154. The Hall–Kier alpha value is -1.99. The van der Waals surface area contributed by atoms with E-state index in [4.69, 9.17) is 22.1 Å². The van der Waals surface area contributed by atoms with E-state index in [0.29, 0.717) is 11.4 Å². The van der Waals surface area contributed by atoms with Gasteiger partial charge in [0.2, 0.25) is 10.0 Å². The van der Waals surface area contributed by atoms with Gasteiger partial charge in [-0.25, -0.2) is 13.4 Å². The summed E-state index contributed by atoms with van der Waals surface area (Å²) in [5, 5.41) is 0.231. The monoisotopic (exact) mass is 327 g/mol. The lowest BCUT2D eigenvalue weighted by Gasteiger charge is -2.10. The minimum Gasteiger partial charge on any atom is -0.490 e. The summed E-state index contributed by atoms with van der Waals surface area (Å²) in [6, 6.07) is 10.0. The highest BCUT2D eigenvalue weighted by Crippen LogP contribution is 2.20. The average Bonchev–Trinajstić information content (AvgIpc) is 2.43. The lowest BCUT2D eigenvalue weighted by molar-refractivity contribution is 0.343. The van der Waals surface area contributed by atoms with E-state index in [1.807, 2.05) is 0 Å². The minimum absolute atomic E-state index is 0.0337. The second kappa shape index (κ2) is 6.64. The van der Waals surface area contributed by atoms with Gasteiger partial charge in [0.1, 0.15) is 18.1 Å². The van der Waals surface area contributed by atoms with Crippen LogP contribution < -0.4 is 15.2 Å². The molecule has 0 unspecified atom stereocenters. The molecule has 112 valence electrons. The lowest BCUT2D eigenvalue weighted by atomic mass is 10.3. The molecule has 0 aliphatic carbocycles. The fourth-order valence-corrected chi connectivity index (χ4v) is 2.62. The number of aromatic nitrogens is 1. The Kier molecular flexibility index (Phi) is 4.87. The normalized spacial score (nSPS) is 11.1. The third-order valence-electron chi connectivity index (χ3n) is 2.54.